The summed E-state index contributed by atoms with van der Waals surface area (Å²) in [5.41, 5.74) is 1.19. The van der Waals surface area contributed by atoms with Crippen LogP contribution < -0.4 is 5.32 Å². The van der Waals surface area contributed by atoms with Crippen LogP contribution >= 0.6 is 0 Å². The highest BCUT2D eigenvalue weighted by Crippen LogP contribution is 2.23. The second-order valence-electron chi connectivity index (χ2n) is 5.77. The van der Waals surface area contributed by atoms with Crippen molar-refractivity contribution in [1.82, 2.24) is 19.9 Å². The summed E-state index contributed by atoms with van der Waals surface area (Å²) < 4.78 is 2.10. The van der Waals surface area contributed by atoms with Crippen molar-refractivity contribution in [3.8, 4) is 5.82 Å². The molecule has 0 aliphatic carbocycles. The summed E-state index contributed by atoms with van der Waals surface area (Å²) in [4.78, 5) is 9.31. The van der Waals surface area contributed by atoms with Gasteiger partial charge in [-0.15, -0.1) is 0 Å². The third-order valence-electron chi connectivity index (χ3n) is 3.90. The minimum absolute atomic E-state index is 0.395. The van der Waals surface area contributed by atoms with E-state index in [1.54, 1.807) is 0 Å². The molecule has 1 atom stereocenters. The topological polar surface area (TPSA) is 42.7 Å². The van der Waals surface area contributed by atoms with Crippen molar-refractivity contribution < 1.29 is 0 Å². The van der Waals surface area contributed by atoms with Gasteiger partial charge in [-0.3, -0.25) is 4.57 Å². The van der Waals surface area contributed by atoms with Gasteiger partial charge in [0.1, 0.15) is 11.6 Å². The molecular weight excluding hydrogens is 248 g/mol. The number of pyridine rings is 1. The van der Waals surface area contributed by atoms with Gasteiger partial charge in [0.25, 0.3) is 0 Å². The number of hydrogen-bond acceptors (Lipinski definition) is 3. The Morgan fingerprint density at radius 1 is 1.35 bits per heavy atom. The smallest absolute Gasteiger partial charge is 0.138 e. The molecule has 1 N–H and O–H groups in total. The molecule has 0 unspecified atom stereocenters. The summed E-state index contributed by atoms with van der Waals surface area (Å²) in [6.07, 6.45) is 6.32. The van der Waals surface area contributed by atoms with E-state index in [1.807, 2.05) is 12.4 Å². The minimum atomic E-state index is 0.395. The molecule has 1 saturated heterocycles. The Labute approximate surface area is 120 Å². The Morgan fingerprint density at radius 2 is 2.25 bits per heavy atom. The number of aromatic nitrogens is 3. The van der Waals surface area contributed by atoms with Gasteiger partial charge in [0.15, 0.2) is 0 Å². The number of hydrogen-bond donors (Lipinski definition) is 1. The lowest BCUT2D eigenvalue weighted by molar-refractivity contribution is 0.454. The average Bonchev–Trinajstić information content (AvgIpc) is 2.98. The van der Waals surface area contributed by atoms with Crippen LogP contribution in [0.2, 0.25) is 0 Å². The summed E-state index contributed by atoms with van der Waals surface area (Å²) in [6.45, 7) is 6.49. The Hall–Kier alpha value is -1.68. The molecule has 106 valence electrons. The van der Waals surface area contributed by atoms with Crippen LogP contribution in [0.5, 0.6) is 0 Å². The third kappa shape index (κ3) is 2.61. The van der Waals surface area contributed by atoms with E-state index in [0.717, 1.165) is 24.7 Å². The van der Waals surface area contributed by atoms with Crippen LogP contribution in [0.25, 0.3) is 5.82 Å². The third-order valence-corrected chi connectivity index (χ3v) is 3.90. The molecule has 4 heteroatoms. The van der Waals surface area contributed by atoms with E-state index in [0.29, 0.717) is 11.8 Å². The van der Waals surface area contributed by atoms with Crippen LogP contribution in [0.4, 0.5) is 0 Å². The van der Waals surface area contributed by atoms with E-state index >= 15 is 0 Å². The van der Waals surface area contributed by atoms with Gasteiger partial charge in [-0.25, -0.2) is 9.97 Å². The first-order valence-electron chi connectivity index (χ1n) is 7.47. The molecule has 3 rings (SSSR count). The largest absolute Gasteiger partial charge is 0.316 e. The SMILES string of the molecule is CC(C)c1nccn1-c1cccc([C@H]2CCCNC2)n1. The van der Waals surface area contributed by atoms with Crippen molar-refractivity contribution in [2.75, 3.05) is 13.1 Å². The van der Waals surface area contributed by atoms with Gasteiger partial charge in [0.2, 0.25) is 0 Å². The van der Waals surface area contributed by atoms with E-state index in [2.05, 4.69) is 46.9 Å². The first-order valence-corrected chi connectivity index (χ1v) is 7.47. The molecule has 0 aromatic carbocycles. The lowest BCUT2D eigenvalue weighted by Crippen LogP contribution is -2.29. The highest BCUT2D eigenvalue weighted by Gasteiger charge is 2.17. The fourth-order valence-electron chi connectivity index (χ4n) is 2.84. The van der Waals surface area contributed by atoms with Gasteiger partial charge < -0.3 is 5.32 Å². The molecular formula is C16H22N4. The number of piperidine rings is 1. The van der Waals surface area contributed by atoms with Crippen LogP contribution in [0, 0.1) is 0 Å². The second kappa shape index (κ2) is 5.75. The van der Waals surface area contributed by atoms with Gasteiger partial charge in [-0.1, -0.05) is 19.9 Å². The number of nitrogens with zero attached hydrogens (tertiary/aromatic N) is 3. The molecule has 20 heavy (non-hydrogen) atoms. The zero-order valence-electron chi connectivity index (χ0n) is 12.2. The Kier molecular flexibility index (Phi) is 3.83. The molecule has 3 heterocycles. The van der Waals surface area contributed by atoms with Crippen molar-refractivity contribution in [1.29, 1.82) is 0 Å². The maximum Gasteiger partial charge on any atom is 0.138 e. The van der Waals surface area contributed by atoms with E-state index in [4.69, 9.17) is 4.98 Å². The van der Waals surface area contributed by atoms with Crippen LogP contribution in [0.15, 0.2) is 30.6 Å². The first-order chi connectivity index (χ1) is 9.75. The normalized spacial score (nSPS) is 19.4. The molecule has 2 aromatic rings. The van der Waals surface area contributed by atoms with Crippen molar-refractivity contribution in [3.63, 3.8) is 0 Å². The van der Waals surface area contributed by atoms with Crippen molar-refractivity contribution in [2.24, 2.45) is 0 Å². The second-order valence-corrected chi connectivity index (χ2v) is 5.77. The Balaban J connectivity index is 1.92. The molecule has 0 bridgehead atoms. The quantitative estimate of drug-likeness (QED) is 0.932. The van der Waals surface area contributed by atoms with Gasteiger partial charge in [0, 0.05) is 36.5 Å². The Bertz CT molecular complexity index is 567. The molecule has 1 aliphatic rings. The fourth-order valence-corrected chi connectivity index (χ4v) is 2.84. The molecule has 4 nitrogen and oxygen atoms in total. The number of nitrogens with one attached hydrogen (secondary N) is 1. The predicted octanol–water partition coefficient (Wildman–Crippen LogP) is 2.86. The summed E-state index contributed by atoms with van der Waals surface area (Å²) in [5, 5.41) is 3.46. The summed E-state index contributed by atoms with van der Waals surface area (Å²) in [7, 11) is 0. The lowest BCUT2D eigenvalue weighted by atomic mass is 9.96. The van der Waals surface area contributed by atoms with Crippen molar-refractivity contribution in [3.05, 3.63) is 42.1 Å². The van der Waals surface area contributed by atoms with Crippen LogP contribution in [-0.4, -0.2) is 27.6 Å². The molecule has 0 saturated carbocycles. The molecule has 1 fully saturated rings. The number of imidazole rings is 1. The monoisotopic (exact) mass is 270 g/mol. The maximum atomic E-state index is 4.86. The molecule has 1 aliphatic heterocycles. The van der Waals surface area contributed by atoms with E-state index in [-0.39, 0.29) is 0 Å². The molecule has 0 radical (unpaired) electrons. The lowest BCUT2D eigenvalue weighted by Gasteiger charge is -2.22. The van der Waals surface area contributed by atoms with Crippen LogP contribution in [0.1, 0.15) is 50.0 Å². The first kappa shape index (κ1) is 13.3. The van der Waals surface area contributed by atoms with Crippen molar-refractivity contribution >= 4 is 0 Å². The van der Waals surface area contributed by atoms with Gasteiger partial charge in [0.05, 0.1) is 0 Å². The van der Waals surface area contributed by atoms with Gasteiger partial charge >= 0.3 is 0 Å². The Morgan fingerprint density at radius 3 is 3.00 bits per heavy atom. The minimum Gasteiger partial charge on any atom is -0.316 e. The fraction of sp³-hybridized carbons (Fsp3) is 0.500. The van der Waals surface area contributed by atoms with Crippen LogP contribution in [-0.2, 0) is 0 Å². The molecule has 0 amide bonds. The highest BCUT2D eigenvalue weighted by molar-refractivity contribution is 5.29. The zero-order valence-corrected chi connectivity index (χ0v) is 12.2. The van der Waals surface area contributed by atoms with Gasteiger partial charge in [-0.05, 0) is 31.5 Å². The standard InChI is InChI=1S/C16H22N4/c1-12(2)16-18-9-10-20(16)15-7-3-6-14(19-15)13-5-4-8-17-11-13/h3,6-7,9-10,12-13,17H,4-5,8,11H2,1-2H3/t13-/m0/s1. The van der Waals surface area contributed by atoms with Gasteiger partial charge in [-0.2, -0.15) is 0 Å². The number of rotatable bonds is 3. The molecule has 2 aromatic heterocycles. The average molecular weight is 270 g/mol. The summed E-state index contributed by atoms with van der Waals surface area (Å²) >= 11 is 0. The predicted molar refractivity (Wildman–Crippen MR) is 80.3 cm³/mol. The van der Waals surface area contributed by atoms with E-state index in [1.165, 1.54) is 18.5 Å². The molecule has 0 spiro atoms. The summed E-state index contributed by atoms with van der Waals surface area (Å²) in [5.74, 6) is 2.98. The van der Waals surface area contributed by atoms with E-state index in [9.17, 15) is 0 Å². The zero-order chi connectivity index (χ0) is 13.9. The van der Waals surface area contributed by atoms with E-state index < -0.39 is 0 Å². The van der Waals surface area contributed by atoms with Crippen LogP contribution in [0.3, 0.4) is 0 Å². The highest BCUT2D eigenvalue weighted by atomic mass is 15.1. The van der Waals surface area contributed by atoms with Crippen molar-refractivity contribution in [2.45, 2.75) is 38.5 Å². The maximum absolute atomic E-state index is 4.86. The summed E-state index contributed by atoms with van der Waals surface area (Å²) in [6, 6.07) is 6.32.